The Balaban J connectivity index is 2.06. The molecule has 1 aromatic carbocycles. The van der Waals surface area contributed by atoms with Gasteiger partial charge in [-0.25, -0.2) is 0 Å². The molecule has 0 unspecified atom stereocenters. The number of nitrogens with zero attached hydrogens (tertiary/aromatic N) is 3. The monoisotopic (exact) mass is 311 g/mol. The molecule has 1 aromatic heterocycles. The SMILES string of the molecule is C[C@H]1CCCCN1c1ccc(-c2ncno2)cc1C(F)(F)F. The van der Waals surface area contributed by atoms with E-state index >= 15 is 0 Å². The molecule has 0 radical (unpaired) electrons. The van der Waals surface area contributed by atoms with Crippen LogP contribution < -0.4 is 4.90 Å². The smallest absolute Gasteiger partial charge is 0.368 e. The van der Waals surface area contributed by atoms with E-state index in [1.165, 1.54) is 12.4 Å². The molecule has 0 amide bonds. The summed E-state index contributed by atoms with van der Waals surface area (Å²) in [6.45, 7) is 2.61. The molecule has 7 heteroatoms. The average Bonchev–Trinajstić information content (AvgIpc) is 3.00. The fourth-order valence-electron chi connectivity index (χ4n) is 2.90. The van der Waals surface area contributed by atoms with Crippen molar-refractivity contribution in [3.8, 4) is 11.5 Å². The third kappa shape index (κ3) is 2.80. The van der Waals surface area contributed by atoms with E-state index in [1.54, 1.807) is 6.07 Å². The Morgan fingerprint density at radius 3 is 2.73 bits per heavy atom. The Labute approximate surface area is 125 Å². The molecule has 22 heavy (non-hydrogen) atoms. The molecule has 0 spiro atoms. The number of hydrogen-bond donors (Lipinski definition) is 0. The van der Waals surface area contributed by atoms with Gasteiger partial charge in [0.05, 0.1) is 5.56 Å². The van der Waals surface area contributed by atoms with Crippen LogP contribution in [-0.2, 0) is 6.18 Å². The van der Waals surface area contributed by atoms with Crippen LogP contribution >= 0.6 is 0 Å². The summed E-state index contributed by atoms with van der Waals surface area (Å²) in [5, 5.41) is 3.44. The lowest BCUT2D eigenvalue weighted by Gasteiger charge is -2.37. The molecule has 3 rings (SSSR count). The molecule has 1 fully saturated rings. The first-order valence-corrected chi connectivity index (χ1v) is 7.22. The lowest BCUT2D eigenvalue weighted by Crippen LogP contribution is -2.38. The normalized spacial score (nSPS) is 19.5. The molecule has 0 N–H and O–H groups in total. The lowest BCUT2D eigenvalue weighted by molar-refractivity contribution is -0.137. The molecule has 0 aliphatic carbocycles. The minimum Gasteiger partial charge on any atom is -0.368 e. The van der Waals surface area contributed by atoms with Crippen LogP contribution in [0.25, 0.3) is 11.5 Å². The van der Waals surface area contributed by atoms with Crippen LogP contribution in [-0.4, -0.2) is 22.7 Å². The average molecular weight is 311 g/mol. The van der Waals surface area contributed by atoms with Gasteiger partial charge < -0.3 is 9.42 Å². The zero-order valence-electron chi connectivity index (χ0n) is 12.1. The van der Waals surface area contributed by atoms with Gasteiger partial charge in [0.15, 0.2) is 6.33 Å². The van der Waals surface area contributed by atoms with Crippen LogP contribution in [0.5, 0.6) is 0 Å². The van der Waals surface area contributed by atoms with Crippen molar-refractivity contribution in [2.24, 2.45) is 0 Å². The number of piperidine rings is 1. The molecule has 1 aliphatic heterocycles. The van der Waals surface area contributed by atoms with E-state index in [0.717, 1.165) is 25.3 Å². The van der Waals surface area contributed by atoms with Gasteiger partial charge in [0.2, 0.25) is 0 Å². The number of anilines is 1. The summed E-state index contributed by atoms with van der Waals surface area (Å²) < 4.78 is 45.2. The van der Waals surface area contributed by atoms with E-state index in [4.69, 9.17) is 4.52 Å². The number of aromatic nitrogens is 2. The van der Waals surface area contributed by atoms with Crippen LogP contribution in [0.4, 0.5) is 18.9 Å². The Kier molecular flexibility index (Phi) is 3.80. The third-order valence-electron chi connectivity index (χ3n) is 4.02. The fourth-order valence-corrected chi connectivity index (χ4v) is 2.90. The van der Waals surface area contributed by atoms with Gasteiger partial charge >= 0.3 is 6.18 Å². The Morgan fingerprint density at radius 1 is 1.27 bits per heavy atom. The number of rotatable bonds is 2. The van der Waals surface area contributed by atoms with E-state index in [1.807, 2.05) is 11.8 Å². The summed E-state index contributed by atoms with van der Waals surface area (Å²) in [5.41, 5.74) is -0.154. The molecular formula is C15H16F3N3O. The van der Waals surface area contributed by atoms with Crippen LogP contribution in [0.15, 0.2) is 29.0 Å². The van der Waals surface area contributed by atoms with Crippen LogP contribution in [0.3, 0.4) is 0 Å². The molecule has 1 saturated heterocycles. The lowest BCUT2D eigenvalue weighted by atomic mass is 9.99. The van der Waals surface area contributed by atoms with Gasteiger partial charge in [-0.3, -0.25) is 0 Å². The highest BCUT2D eigenvalue weighted by Crippen LogP contribution is 2.40. The van der Waals surface area contributed by atoms with Gasteiger partial charge in [0, 0.05) is 23.8 Å². The summed E-state index contributed by atoms with van der Waals surface area (Å²) in [5.74, 6) is 0.0868. The van der Waals surface area contributed by atoms with Crippen molar-refractivity contribution in [2.75, 3.05) is 11.4 Å². The Morgan fingerprint density at radius 2 is 2.09 bits per heavy atom. The second kappa shape index (κ2) is 5.62. The highest BCUT2D eigenvalue weighted by molar-refractivity contribution is 5.65. The molecular weight excluding hydrogens is 295 g/mol. The highest BCUT2D eigenvalue weighted by atomic mass is 19.4. The fraction of sp³-hybridized carbons (Fsp3) is 0.467. The second-order valence-corrected chi connectivity index (χ2v) is 5.51. The van der Waals surface area contributed by atoms with Crippen molar-refractivity contribution in [1.29, 1.82) is 0 Å². The number of hydrogen-bond acceptors (Lipinski definition) is 4. The van der Waals surface area contributed by atoms with E-state index in [-0.39, 0.29) is 23.2 Å². The van der Waals surface area contributed by atoms with E-state index in [0.29, 0.717) is 6.54 Å². The molecule has 2 heterocycles. The third-order valence-corrected chi connectivity index (χ3v) is 4.02. The predicted octanol–water partition coefficient (Wildman–Crippen LogP) is 4.13. The van der Waals surface area contributed by atoms with Crippen LogP contribution in [0, 0.1) is 0 Å². The minimum absolute atomic E-state index is 0.0868. The molecule has 0 bridgehead atoms. The molecule has 2 aromatic rings. The van der Waals surface area contributed by atoms with Crippen molar-refractivity contribution in [3.05, 3.63) is 30.1 Å². The van der Waals surface area contributed by atoms with Gasteiger partial charge in [0.25, 0.3) is 5.89 Å². The van der Waals surface area contributed by atoms with Gasteiger partial charge in [-0.2, -0.15) is 18.2 Å². The summed E-state index contributed by atoms with van der Waals surface area (Å²) in [6, 6.07) is 4.29. The molecule has 118 valence electrons. The van der Waals surface area contributed by atoms with Gasteiger partial charge in [-0.1, -0.05) is 5.16 Å². The van der Waals surface area contributed by atoms with E-state index < -0.39 is 11.7 Å². The quantitative estimate of drug-likeness (QED) is 0.836. The largest absolute Gasteiger partial charge is 0.418 e. The molecule has 1 atom stereocenters. The minimum atomic E-state index is -4.43. The first kappa shape index (κ1) is 14.9. The highest BCUT2D eigenvalue weighted by Gasteiger charge is 2.36. The number of halogens is 3. The van der Waals surface area contributed by atoms with Crippen molar-refractivity contribution in [3.63, 3.8) is 0 Å². The Bertz CT molecular complexity index is 640. The maximum atomic E-state index is 13.5. The Hall–Kier alpha value is -2.05. The van der Waals surface area contributed by atoms with Gasteiger partial charge in [-0.05, 0) is 44.4 Å². The molecule has 0 saturated carbocycles. The predicted molar refractivity (Wildman–Crippen MR) is 75.4 cm³/mol. The van der Waals surface area contributed by atoms with Crippen molar-refractivity contribution < 1.29 is 17.7 Å². The molecule has 1 aliphatic rings. The summed E-state index contributed by atoms with van der Waals surface area (Å²) in [6.07, 6.45) is -0.388. The zero-order valence-corrected chi connectivity index (χ0v) is 12.1. The number of alkyl halides is 3. The maximum absolute atomic E-state index is 13.5. The maximum Gasteiger partial charge on any atom is 0.418 e. The first-order valence-electron chi connectivity index (χ1n) is 7.22. The summed E-state index contributed by atoms with van der Waals surface area (Å²) in [4.78, 5) is 5.65. The van der Waals surface area contributed by atoms with Crippen LogP contribution in [0.2, 0.25) is 0 Å². The topological polar surface area (TPSA) is 42.2 Å². The van der Waals surface area contributed by atoms with E-state index in [9.17, 15) is 13.2 Å². The second-order valence-electron chi connectivity index (χ2n) is 5.51. The summed E-state index contributed by atoms with van der Waals surface area (Å²) in [7, 11) is 0. The van der Waals surface area contributed by atoms with Crippen molar-refractivity contribution in [2.45, 2.75) is 38.4 Å². The van der Waals surface area contributed by atoms with Crippen LogP contribution in [0.1, 0.15) is 31.7 Å². The van der Waals surface area contributed by atoms with Gasteiger partial charge in [0.1, 0.15) is 0 Å². The first-order chi connectivity index (χ1) is 10.5. The standard InChI is InChI=1S/C15H16F3N3O/c1-10-4-2-3-7-21(10)13-6-5-11(14-19-9-20-22-14)8-12(13)15(16,17)18/h5-6,8-10H,2-4,7H2,1H3/t10-/m0/s1. The zero-order chi connectivity index (χ0) is 15.7. The van der Waals surface area contributed by atoms with E-state index in [2.05, 4.69) is 10.1 Å². The summed E-state index contributed by atoms with van der Waals surface area (Å²) >= 11 is 0. The van der Waals surface area contributed by atoms with Crippen molar-refractivity contribution >= 4 is 5.69 Å². The van der Waals surface area contributed by atoms with Crippen molar-refractivity contribution in [1.82, 2.24) is 10.1 Å². The molecule has 4 nitrogen and oxygen atoms in total. The van der Waals surface area contributed by atoms with Gasteiger partial charge in [-0.15, -0.1) is 0 Å². The number of benzene rings is 1.